The van der Waals surface area contributed by atoms with Crippen LogP contribution in [0.2, 0.25) is 0 Å². The highest BCUT2D eigenvalue weighted by Crippen LogP contribution is 2.37. The molecule has 8 heteroatoms. The maximum absolute atomic E-state index is 12.5. The van der Waals surface area contributed by atoms with Crippen LogP contribution in [0.25, 0.3) is 10.4 Å². The van der Waals surface area contributed by atoms with Crippen molar-refractivity contribution in [1.29, 1.82) is 0 Å². The predicted molar refractivity (Wildman–Crippen MR) is 103 cm³/mol. The molecule has 0 saturated carbocycles. The van der Waals surface area contributed by atoms with Gasteiger partial charge in [-0.2, -0.15) is 0 Å². The fourth-order valence-electron chi connectivity index (χ4n) is 3.18. The molecule has 0 bridgehead atoms. The topological polar surface area (TPSA) is 82.1 Å². The predicted octanol–water partition coefficient (Wildman–Crippen LogP) is 3.55. The van der Waals surface area contributed by atoms with E-state index in [1.54, 1.807) is 24.3 Å². The lowest BCUT2D eigenvalue weighted by Crippen LogP contribution is -2.32. The molecule has 2 aliphatic heterocycles. The SMILES string of the molecule is O=C(ON1C(=O)c2ccccc2C1=O)c1ccc(-c2ccc3c(c2)OCCO3)s1. The zero-order valence-corrected chi connectivity index (χ0v) is 15.7. The van der Waals surface area contributed by atoms with Gasteiger partial charge in [0.2, 0.25) is 0 Å². The molecule has 7 nitrogen and oxygen atoms in total. The molecule has 144 valence electrons. The highest BCUT2D eigenvalue weighted by molar-refractivity contribution is 7.17. The van der Waals surface area contributed by atoms with Gasteiger partial charge in [-0.3, -0.25) is 9.59 Å². The zero-order valence-electron chi connectivity index (χ0n) is 14.9. The first kappa shape index (κ1) is 17.4. The van der Waals surface area contributed by atoms with E-state index in [4.69, 9.17) is 14.3 Å². The number of benzene rings is 2. The molecule has 0 atom stereocenters. The smallest absolute Gasteiger partial charge is 0.373 e. The van der Waals surface area contributed by atoms with Crippen molar-refractivity contribution in [2.24, 2.45) is 0 Å². The maximum atomic E-state index is 12.5. The average Bonchev–Trinajstić information content (AvgIpc) is 3.34. The van der Waals surface area contributed by atoms with Crippen LogP contribution < -0.4 is 9.47 Å². The molecular formula is C21H13NO6S. The number of carbonyl (C=O) groups is 3. The number of thiophene rings is 1. The third-order valence-corrected chi connectivity index (χ3v) is 5.68. The van der Waals surface area contributed by atoms with Gasteiger partial charge < -0.3 is 14.3 Å². The lowest BCUT2D eigenvalue weighted by atomic mass is 10.1. The van der Waals surface area contributed by atoms with E-state index in [9.17, 15) is 14.4 Å². The second-order valence-corrected chi connectivity index (χ2v) is 7.44. The average molecular weight is 407 g/mol. The second-order valence-electron chi connectivity index (χ2n) is 6.35. The van der Waals surface area contributed by atoms with Crippen molar-refractivity contribution < 1.29 is 28.7 Å². The van der Waals surface area contributed by atoms with Crippen LogP contribution in [0, 0.1) is 0 Å². The molecule has 0 unspecified atom stereocenters. The number of hydroxylamine groups is 2. The highest BCUT2D eigenvalue weighted by Gasteiger charge is 2.39. The van der Waals surface area contributed by atoms with E-state index in [0.717, 1.165) is 10.4 Å². The fraction of sp³-hybridized carbons (Fsp3) is 0.0952. The van der Waals surface area contributed by atoms with Crippen molar-refractivity contribution in [2.45, 2.75) is 0 Å². The van der Waals surface area contributed by atoms with E-state index >= 15 is 0 Å². The molecule has 2 aliphatic rings. The zero-order chi connectivity index (χ0) is 20.0. The van der Waals surface area contributed by atoms with Gasteiger partial charge in [0.05, 0.1) is 11.1 Å². The van der Waals surface area contributed by atoms with E-state index in [1.807, 2.05) is 18.2 Å². The Morgan fingerprint density at radius 2 is 1.59 bits per heavy atom. The molecule has 2 aromatic carbocycles. The molecule has 0 saturated heterocycles. The molecule has 0 radical (unpaired) electrons. The number of ether oxygens (including phenoxy) is 2. The summed E-state index contributed by atoms with van der Waals surface area (Å²) in [4.78, 5) is 43.4. The quantitative estimate of drug-likeness (QED) is 0.618. The number of amides is 2. The van der Waals surface area contributed by atoms with Gasteiger partial charge >= 0.3 is 5.97 Å². The Kier molecular flexibility index (Phi) is 4.06. The summed E-state index contributed by atoms with van der Waals surface area (Å²) < 4.78 is 11.1. The molecule has 5 rings (SSSR count). The lowest BCUT2D eigenvalue weighted by Gasteiger charge is -2.18. The minimum atomic E-state index is -0.770. The Labute approximate surface area is 169 Å². The van der Waals surface area contributed by atoms with Crippen LogP contribution in [0.5, 0.6) is 11.5 Å². The largest absolute Gasteiger partial charge is 0.486 e. The van der Waals surface area contributed by atoms with Gasteiger partial charge in [0.15, 0.2) is 11.5 Å². The number of imide groups is 1. The number of carbonyl (C=O) groups excluding carboxylic acids is 3. The van der Waals surface area contributed by atoms with E-state index in [1.165, 1.54) is 23.5 Å². The first-order chi connectivity index (χ1) is 14.1. The summed E-state index contributed by atoms with van der Waals surface area (Å²) in [5.74, 6) is -0.738. The summed E-state index contributed by atoms with van der Waals surface area (Å²) in [7, 11) is 0. The Morgan fingerprint density at radius 1 is 0.897 bits per heavy atom. The number of hydrogen-bond donors (Lipinski definition) is 0. The monoisotopic (exact) mass is 407 g/mol. The van der Waals surface area contributed by atoms with Crippen molar-refractivity contribution in [1.82, 2.24) is 5.06 Å². The van der Waals surface area contributed by atoms with Gasteiger partial charge in [-0.1, -0.05) is 17.2 Å². The van der Waals surface area contributed by atoms with Crippen LogP contribution in [-0.4, -0.2) is 36.1 Å². The summed E-state index contributed by atoms with van der Waals surface area (Å²) in [5.41, 5.74) is 1.29. The highest BCUT2D eigenvalue weighted by atomic mass is 32.1. The summed E-state index contributed by atoms with van der Waals surface area (Å²) in [5, 5.41) is 0.510. The van der Waals surface area contributed by atoms with Crippen LogP contribution >= 0.6 is 11.3 Å². The Hall–Kier alpha value is -3.65. The summed E-state index contributed by atoms with van der Waals surface area (Å²) >= 11 is 1.19. The lowest BCUT2D eigenvalue weighted by molar-refractivity contribution is -0.0581. The van der Waals surface area contributed by atoms with Crippen molar-refractivity contribution in [3.63, 3.8) is 0 Å². The van der Waals surface area contributed by atoms with Crippen LogP contribution in [0.15, 0.2) is 54.6 Å². The molecule has 0 spiro atoms. The van der Waals surface area contributed by atoms with Crippen LogP contribution in [0.3, 0.4) is 0 Å². The van der Waals surface area contributed by atoms with Gasteiger partial charge in [-0.05, 0) is 48.0 Å². The molecule has 0 fully saturated rings. The third kappa shape index (κ3) is 2.94. The molecule has 1 aromatic heterocycles. The second kappa shape index (κ2) is 6.75. The molecule has 3 heterocycles. The van der Waals surface area contributed by atoms with Crippen LogP contribution in [0.4, 0.5) is 0 Å². The summed E-state index contributed by atoms with van der Waals surface area (Å²) in [6.45, 7) is 0.998. The fourth-order valence-corrected chi connectivity index (χ4v) is 4.05. The molecule has 0 N–H and O–H groups in total. The Morgan fingerprint density at radius 3 is 2.31 bits per heavy atom. The van der Waals surface area contributed by atoms with Crippen LogP contribution in [-0.2, 0) is 4.84 Å². The van der Waals surface area contributed by atoms with E-state index in [2.05, 4.69) is 0 Å². The molecule has 29 heavy (non-hydrogen) atoms. The van der Waals surface area contributed by atoms with E-state index in [0.29, 0.717) is 29.8 Å². The summed E-state index contributed by atoms with van der Waals surface area (Å²) in [6.07, 6.45) is 0. The van der Waals surface area contributed by atoms with Gasteiger partial charge in [0.1, 0.15) is 18.1 Å². The van der Waals surface area contributed by atoms with Crippen LogP contribution in [0.1, 0.15) is 30.4 Å². The number of hydrogen-bond acceptors (Lipinski definition) is 7. The summed E-state index contributed by atoms with van der Waals surface area (Å²) in [6, 6.07) is 15.2. The molecule has 3 aromatic rings. The van der Waals surface area contributed by atoms with Crippen molar-refractivity contribution in [3.05, 3.63) is 70.6 Å². The van der Waals surface area contributed by atoms with Gasteiger partial charge in [-0.25, -0.2) is 4.79 Å². The Balaban J connectivity index is 1.35. The number of fused-ring (bicyclic) bond motifs is 2. The van der Waals surface area contributed by atoms with Gasteiger partial charge in [-0.15, -0.1) is 11.3 Å². The normalized spacial score (nSPS) is 14.7. The van der Waals surface area contributed by atoms with E-state index < -0.39 is 17.8 Å². The minimum Gasteiger partial charge on any atom is -0.486 e. The number of nitrogens with zero attached hydrogens (tertiary/aromatic N) is 1. The third-order valence-electron chi connectivity index (χ3n) is 4.56. The standard InChI is InChI=1S/C21H13NO6S/c23-19-13-3-1-2-4-14(13)20(24)22(19)28-21(25)18-8-7-17(29-18)12-5-6-15-16(11-12)27-10-9-26-15/h1-8,11H,9-10H2. The number of rotatable bonds is 3. The van der Waals surface area contributed by atoms with Gasteiger partial charge in [0.25, 0.3) is 11.8 Å². The van der Waals surface area contributed by atoms with Crippen molar-refractivity contribution in [3.8, 4) is 21.9 Å². The first-order valence-electron chi connectivity index (χ1n) is 8.82. The molecular weight excluding hydrogens is 394 g/mol. The molecule has 2 amide bonds. The van der Waals surface area contributed by atoms with Gasteiger partial charge in [0, 0.05) is 4.88 Å². The van der Waals surface area contributed by atoms with E-state index in [-0.39, 0.29) is 16.0 Å². The van der Waals surface area contributed by atoms with Crippen molar-refractivity contribution in [2.75, 3.05) is 13.2 Å². The maximum Gasteiger partial charge on any atom is 0.373 e. The Bertz CT molecular complexity index is 1130. The van der Waals surface area contributed by atoms with Crippen molar-refractivity contribution >= 4 is 29.1 Å². The minimum absolute atomic E-state index is 0.216. The molecule has 0 aliphatic carbocycles. The first-order valence-corrected chi connectivity index (χ1v) is 9.63.